The normalized spacial score (nSPS) is 10.7. The summed E-state index contributed by atoms with van der Waals surface area (Å²) in [6, 6.07) is 0. The maximum atomic E-state index is 12.8. The number of aromatic nitrogens is 8. The zero-order chi connectivity index (χ0) is 26.9. The molecule has 0 atom stereocenters. The second-order valence-corrected chi connectivity index (χ2v) is 7.90. The van der Waals surface area contributed by atoms with Gasteiger partial charge in [-0.2, -0.15) is 4.98 Å². The van der Waals surface area contributed by atoms with Crippen molar-refractivity contribution in [3.63, 3.8) is 0 Å². The van der Waals surface area contributed by atoms with Crippen LogP contribution in [0.25, 0.3) is 0 Å². The van der Waals surface area contributed by atoms with E-state index in [1.165, 1.54) is 45.6 Å². The molecule has 16 heteroatoms. The molecule has 0 aromatic carbocycles. The molecule has 0 saturated heterocycles. The Kier molecular flexibility index (Phi) is 6.55. The highest BCUT2D eigenvalue weighted by atomic mass is 16.5. The highest BCUT2D eigenvalue weighted by Gasteiger charge is 2.22. The minimum atomic E-state index is -0.660. The van der Waals surface area contributed by atoms with Gasteiger partial charge < -0.3 is 33.6 Å². The third kappa shape index (κ3) is 5.07. The standard InChI is InChI=1S/C21H23N11O5/c1-29-7-6-22-14(29)18(34)26-13-10-32(4)21(27-13)28-17(33)11-8-30(2)15(23-11)19(35)25-12-9-31(3)16(24-12)20(36)37-5/h6-10H,1-5H3,(H,25,35)(H,26,34)(H,27,28,33). The number of imidazole rings is 4. The van der Waals surface area contributed by atoms with E-state index in [1.807, 2.05) is 0 Å². The Morgan fingerprint density at radius 2 is 1.32 bits per heavy atom. The Balaban J connectivity index is 1.44. The molecule has 0 bridgehead atoms. The van der Waals surface area contributed by atoms with Gasteiger partial charge in [0.2, 0.25) is 11.8 Å². The molecule has 3 amide bonds. The van der Waals surface area contributed by atoms with Crippen LogP contribution >= 0.6 is 0 Å². The van der Waals surface area contributed by atoms with Crippen molar-refractivity contribution in [2.45, 2.75) is 0 Å². The lowest BCUT2D eigenvalue weighted by molar-refractivity contribution is 0.0582. The van der Waals surface area contributed by atoms with E-state index in [0.29, 0.717) is 0 Å². The Hall–Kier alpha value is -5.28. The number of ether oxygens (including phenoxy) is 1. The van der Waals surface area contributed by atoms with Gasteiger partial charge in [0.05, 0.1) is 7.11 Å². The van der Waals surface area contributed by atoms with Crippen LogP contribution in [0.15, 0.2) is 31.0 Å². The van der Waals surface area contributed by atoms with Crippen LogP contribution in [-0.2, 0) is 32.9 Å². The summed E-state index contributed by atoms with van der Waals surface area (Å²) in [5.74, 6) is -1.82. The molecular formula is C21H23N11O5. The molecule has 0 saturated carbocycles. The Labute approximate surface area is 209 Å². The van der Waals surface area contributed by atoms with Crippen LogP contribution in [0, 0.1) is 0 Å². The summed E-state index contributed by atoms with van der Waals surface area (Å²) < 4.78 is 10.5. The van der Waals surface area contributed by atoms with Crippen LogP contribution in [0.5, 0.6) is 0 Å². The zero-order valence-corrected chi connectivity index (χ0v) is 20.5. The molecule has 4 rings (SSSR count). The van der Waals surface area contributed by atoms with Crippen LogP contribution in [0.2, 0.25) is 0 Å². The Morgan fingerprint density at radius 1 is 0.703 bits per heavy atom. The predicted octanol–water partition coefficient (Wildman–Crippen LogP) is 0.164. The summed E-state index contributed by atoms with van der Waals surface area (Å²) in [6.45, 7) is 0. The molecule has 4 heterocycles. The van der Waals surface area contributed by atoms with E-state index in [1.54, 1.807) is 39.0 Å². The summed E-state index contributed by atoms with van der Waals surface area (Å²) in [7, 11) is 7.66. The molecule has 16 nitrogen and oxygen atoms in total. The fraction of sp³-hybridized carbons (Fsp3) is 0.238. The minimum Gasteiger partial charge on any atom is -0.463 e. The molecule has 0 unspecified atom stereocenters. The highest BCUT2D eigenvalue weighted by Crippen LogP contribution is 2.15. The van der Waals surface area contributed by atoms with Crippen LogP contribution in [-0.4, -0.2) is 69.0 Å². The van der Waals surface area contributed by atoms with E-state index >= 15 is 0 Å². The lowest BCUT2D eigenvalue weighted by Crippen LogP contribution is -2.18. The molecule has 0 aliphatic carbocycles. The number of hydrogen-bond donors (Lipinski definition) is 3. The molecule has 0 aliphatic heterocycles. The first-order valence-electron chi connectivity index (χ1n) is 10.7. The monoisotopic (exact) mass is 509 g/mol. The number of carbonyl (C=O) groups excluding carboxylic acids is 4. The zero-order valence-electron chi connectivity index (χ0n) is 20.5. The third-order valence-corrected chi connectivity index (χ3v) is 5.17. The van der Waals surface area contributed by atoms with Crippen molar-refractivity contribution in [1.29, 1.82) is 0 Å². The average Bonchev–Trinajstić information content (AvgIpc) is 3.61. The van der Waals surface area contributed by atoms with Crippen LogP contribution in [0.4, 0.5) is 17.6 Å². The number of hydrogen-bond acceptors (Lipinski definition) is 9. The molecule has 192 valence electrons. The maximum absolute atomic E-state index is 12.8. The highest BCUT2D eigenvalue weighted by molar-refractivity contribution is 6.06. The fourth-order valence-corrected chi connectivity index (χ4v) is 3.33. The van der Waals surface area contributed by atoms with Gasteiger partial charge in [-0.25, -0.2) is 19.7 Å². The molecule has 37 heavy (non-hydrogen) atoms. The minimum absolute atomic E-state index is 0.00301. The van der Waals surface area contributed by atoms with Crippen LogP contribution in [0.3, 0.4) is 0 Å². The van der Waals surface area contributed by atoms with E-state index in [4.69, 9.17) is 0 Å². The molecule has 0 spiro atoms. The van der Waals surface area contributed by atoms with Crippen molar-refractivity contribution >= 4 is 41.3 Å². The van der Waals surface area contributed by atoms with Gasteiger partial charge in [-0.05, 0) is 0 Å². The average molecular weight is 509 g/mol. The number of nitrogens with one attached hydrogen (secondary N) is 3. The van der Waals surface area contributed by atoms with E-state index in [2.05, 4.69) is 40.6 Å². The van der Waals surface area contributed by atoms with Gasteiger partial charge in [-0.3, -0.25) is 19.7 Å². The Morgan fingerprint density at radius 3 is 1.97 bits per heavy atom. The summed E-state index contributed by atoms with van der Waals surface area (Å²) in [4.78, 5) is 65.9. The van der Waals surface area contributed by atoms with Gasteiger partial charge in [0.1, 0.15) is 5.69 Å². The van der Waals surface area contributed by atoms with E-state index in [0.717, 1.165) is 0 Å². The van der Waals surface area contributed by atoms with Gasteiger partial charge in [0, 0.05) is 59.2 Å². The van der Waals surface area contributed by atoms with E-state index in [-0.39, 0.29) is 40.8 Å². The van der Waals surface area contributed by atoms with E-state index < -0.39 is 23.7 Å². The first kappa shape index (κ1) is 24.8. The molecule has 4 aromatic rings. The maximum Gasteiger partial charge on any atom is 0.374 e. The summed E-state index contributed by atoms with van der Waals surface area (Å²) in [6.07, 6.45) is 7.46. The number of anilines is 3. The first-order valence-corrected chi connectivity index (χ1v) is 10.7. The van der Waals surface area contributed by atoms with Crippen molar-refractivity contribution in [3.8, 4) is 0 Å². The SMILES string of the molecule is COC(=O)c1nc(NC(=O)c2nc(C(=O)Nc3nc(NC(=O)c4nccn4C)cn3C)cn2C)cn1C. The number of esters is 1. The van der Waals surface area contributed by atoms with E-state index in [9.17, 15) is 19.2 Å². The van der Waals surface area contributed by atoms with Crippen LogP contribution < -0.4 is 16.0 Å². The quantitative estimate of drug-likeness (QED) is 0.292. The first-order chi connectivity index (χ1) is 17.6. The lowest BCUT2D eigenvalue weighted by Gasteiger charge is -2.02. The number of nitrogens with zero attached hydrogens (tertiary/aromatic N) is 8. The third-order valence-electron chi connectivity index (χ3n) is 5.17. The number of aryl methyl sites for hydroxylation is 4. The molecule has 0 fully saturated rings. The number of methoxy groups -OCH3 is 1. The van der Waals surface area contributed by atoms with Crippen molar-refractivity contribution < 1.29 is 23.9 Å². The van der Waals surface area contributed by atoms with Crippen molar-refractivity contribution in [2.24, 2.45) is 28.2 Å². The molecule has 0 radical (unpaired) electrons. The molecule has 4 aromatic heterocycles. The van der Waals surface area contributed by atoms with Gasteiger partial charge >= 0.3 is 5.97 Å². The van der Waals surface area contributed by atoms with Gasteiger partial charge in [-0.1, -0.05) is 0 Å². The Bertz CT molecular complexity index is 1520. The summed E-state index contributed by atoms with van der Waals surface area (Å²) in [5.41, 5.74) is -0.0504. The molecule has 0 aliphatic rings. The number of carbonyl (C=O) groups is 4. The van der Waals surface area contributed by atoms with Gasteiger partial charge in [0.15, 0.2) is 23.3 Å². The number of amides is 3. The van der Waals surface area contributed by atoms with Crippen molar-refractivity contribution in [1.82, 2.24) is 38.2 Å². The lowest BCUT2D eigenvalue weighted by atomic mass is 10.4. The molecule has 3 N–H and O–H groups in total. The fourth-order valence-electron chi connectivity index (χ4n) is 3.33. The largest absolute Gasteiger partial charge is 0.463 e. The topological polar surface area (TPSA) is 185 Å². The van der Waals surface area contributed by atoms with Crippen LogP contribution in [0.1, 0.15) is 42.3 Å². The van der Waals surface area contributed by atoms with Gasteiger partial charge in [0.25, 0.3) is 17.7 Å². The second-order valence-electron chi connectivity index (χ2n) is 7.90. The number of rotatable bonds is 7. The smallest absolute Gasteiger partial charge is 0.374 e. The van der Waals surface area contributed by atoms with Gasteiger partial charge in [-0.15, -0.1) is 0 Å². The molecular weight excluding hydrogens is 486 g/mol. The summed E-state index contributed by atoms with van der Waals surface area (Å²) in [5, 5.41) is 7.73. The van der Waals surface area contributed by atoms with Crippen molar-refractivity contribution in [2.75, 3.05) is 23.1 Å². The summed E-state index contributed by atoms with van der Waals surface area (Å²) >= 11 is 0. The van der Waals surface area contributed by atoms with Crippen molar-refractivity contribution in [3.05, 3.63) is 54.2 Å². The predicted molar refractivity (Wildman–Crippen MR) is 128 cm³/mol. The second kappa shape index (κ2) is 9.76.